The number of hydrogen-bond donors (Lipinski definition) is 2. The number of thiophene rings is 1. The van der Waals surface area contributed by atoms with Gasteiger partial charge >= 0.3 is 12.1 Å². The molecule has 3 nitrogen and oxygen atoms in total. The molecule has 0 fully saturated rings. The fourth-order valence-electron chi connectivity index (χ4n) is 1.01. The third kappa shape index (κ3) is 3.20. The second kappa shape index (κ2) is 4.95. The fraction of sp³-hybridized carbons (Fsp3) is 0.444. The summed E-state index contributed by atoms with van der Waals surface area (Å²) in [6.45, 7) is 0.446. The molecule has 0 saturated heterocycles. The molecule has 1 heterocycles. The number of rotatable bonds is 4. The number of carboxylic acid groups (broad SMARTS) is 1. The van der Waals surface area contributed by atoms with Crippen LogP contribution >= 0.6 is 27.3 Å². The van der Waals surface area contributed by atoms with Gasteiger partial charge in [0.25, 0.3) is 0 Å². The topological polar surface area (TPSA) is 49.3 Å². The van der Waals surface area contributed by atoms with Crippen molar-refractivity contribution in [2.24, 2.45) is 0 Å². The summed E-state index contributed by atoms with van der Waals surface area (Å²) in [5, 5.41) is 12.3. The van der Waals surface area contributed by atoms with E-state index in [9.17, 15) is 18.0 Å². The van der Waals surface area contributed by atoms with Crippen LogP contribution in [0.2, 0.25) is 0 Å². The van der Waals surface area contributed by atoms with Crippen molar-refractivity contribution >= 4 is 33.2 Å². The highest BCUT2D eigenvalue weighted by Crippen LogP contribution is 2.31. The van der Waals surface area contributed by atoms with E-state index in [-0.39, 0.29) is 6.54 Å². The van der Waals surface area contributed by atoms with Gasteiger partial charge in [-0.2, -0.15) is 13.2 Å². The predicted molar refractivity (Wildman–Crippen MR) is 61.0 cm³/mol. The van der Waals surface area contributed by atoms with Crippen molar-refractivity contribution < 1.29 is 23.1 Å². The van der Waals surface area contributed by atoms with Gasteiger partial charge in [0, 0.05) is 6.54 Å². The van der Waals surface area contributed by atoms with Crippen molar-refractivity contribution in [1.29, 1.82) is 0 Å². The zero-order valence-electron chi connectivity index (χ0n) is 8.64. The maximum absolute atomic E-state index is 12.6. The summed E-state index contributed by atoms with van der Waals surface area (Å²) in [4.78, 5) is 10.7. The zero-order valence-corrected chi connectivity index (χ0v) is 11.0. The maximum atomic E-state index is 12.6. The molecular formula is C9H9BrF3NO2S. The van der Waals surface area contributed by atoms with Crippen LogP contribution in [0.15, 0.2) is 15.2 Å². The van der Waals surface area contributed by atoms with Gasteiger partial charge in [-0.1, -0.05) is 0 Å². The molecule has 1 unspecified atom stereocenters. The van der Waals surface area contributed by atoms with Crippen LogP contribution in [0.3, 0.4) is 0 Å². The van der Waals surface area contributed by atoms with E-state index in [0.29, 0.717) is 12.5 Å². The minimum absolute atomic E-state index is 0.162. The standard InChI is InChI=1S/C9H9BrF3NO2S/c1-8(7(15)16,9(11,12)13)14-3-5-2-6(10)17-4-5/h2,4,14H,3H2,1H3,(H,15,16). The van der Waals surface area contributed by atoms with Crippen molar-refractivity contribution in [2.75, 3.05) is 0 Å². The molecule has 0 aliphatic heterocycles. The Labute approximate surface area is 108 Å². The summed E-state index contributed by atoms with van der Waals surface area (Å²) in [5.74, 6) is -1.95. The normalized spacial score (nSPS) is 15.6. The van der Waals surface area contributed by atoms with Crippen LogP contribution in [0.25, 0.3) is 0 Å². The maximum Gasteiger partial charge on any atom is 0.417 e. The number of hydrogen-bond acceptors (Lipinski definition) is 3. The van der Waals surface area contributed by atoms with Gasteiger partial charge in [0.05, 0.1) is 3.79 Å². The Morgan fingerprint density at radius 1 is 1.59 bits per heavy atom. The zero-order chi connectivity index (χ0) is 13.3. The third-order valence-corrected chi connectivity index (χ3v) is 3.82. The second-order valence-corrected chi connectivity index (χ2v) is 5.83. The Balaban J connectivity index is 2.79. The quantitative estimate of drug-likeness (QED) is 0.891. The number of carbonyl (C=O) groups is 1. The third-order valence-electron chi connectivity index (χ3n) is 2.26. The number of nitrogens with one attached hydrogen (secondary N) is 1. The molecule has 17 heavy (non-hydrogen) atoms. The molecule has 0 aromatic carbocycles. The molecule has 0 saturated carbocycles. The minimum Gasteiger partial charge on any atom is -0.480 e. The summed E-state index contributed by atoms with van der Waals surface area (Å²) in [6.07, 6.45) is -4.86. The van der Waals surface area contributed by atoms with E-state index in [2.05, 4.69) is 15.9 Å². The lowest BCUT2D eigenvalue weighted by atomic mass is 10.0. The minimum atomic E-state index is -4.86. The van der Waals surface area contributed by atoms with E-state index in [0.717, 1.165) is 3.79 Å². The molecule has 1 aromatic heterocycles. The number of halogens is 4. The molecule has 1 rings (SSSR count). The summed E-state index contributed by atoms with van der Waals surface area (Å²) in [5.41, 5.74) is -2.35. The van der Waals surface area contributed by atoms with Crippen LogP contribution in [0.4, 0.5) is 13.2 Å². The van der Waals surface area contributed by atoms with Crippen LogP contribution in [0.1, 0.15) is 12.5 Å². The van der Waals surface area contributed by atoms with Crippen LogP contribution in [-0.4, -0.2) is 22.8 Å². The molecule has 0 aliphatic carbocycles. The molecule has 0 aliphatic rings. The van der Waals surface area contributed by atoms with E-state index in [1.54, 1.807) is 11.4 Å². The van der Waals surface area contributed by atoms with Crippen LogP contribution in [0, 0.1) is 0 Å². The van der Waals surface area contributed by atoms with Gasteiger partial charge < -0.3 is 5.11 Å². The fourth-order valence-corrected chi connectivity index (χ4v) is 2.22. The van der Waals surface area contributed by atoms with E-state index in [1.807, 2.05) is 5.32 Å². The van der Waals surface area contributed by atoms with Gasteiger partial charge in [-0.15, -0.1) is 11.3 Å². The number of carboxylic acids is 1. The van der Waals surface area contributed by atoms with Gasteiger partial charge in [-0.05, 0) is 39.9 Å². The second-order valence-electron chi connectivity index (χ2n) is 3.54. The predicted octanol–water partition coefficient (Wildman–Crippen LogP) is 3.01. The summed E-state index contributed by atoms with van der Waals surface area (Å²) >= 11 is 4.49. The monoisotopic (exact) mass is 331 g/mol. The highest BCUT2D eigenvalue weighted by Gasteiger charge is 2.57. The summed E-state index contributed by atoms with van der Waals surface area (Å²) < 4.78 is 38.6. The van der Waals surface area contributed by atoms with E-state index >= 15 is 0 Å². The van der Waals surface area contributed by atoms with Gasteiger partial charge in [-0.25, -0.2) is 4.79 Å². The van der Waals surface area contributed by atoms with Crippen molar-refractivity contribution in [1.82, 2.24) is 5.32 Å². The Hall–Kier alpha value is -0.600. The lowest BCUT2D eigenvalue weighted by Gasteiger charge is -2.28. The Bertz CT molecular complexity index is 421. The lowest BCUT2D eigenvalue weighted by Crippen LogP contribution is -2.59. The summed E-state index contributed by atoms with van der Waals surface area (Å²) in [6, 6.07) is 1.64. The molecule has 96 valence electrons. The van der Waals surface area contributed by atoms with E-state index in [4.69, 9.17) is 5.11 Å². The molecule has 1 aromatic rings. The summed E-state index contributed by atoms with van der Waals surface area (Å²) in [7, 11) is 0. The van der Waals surface area contributed by atoms with E-state index < -0.39 is 17.7 Å². The Kier molecular flexibility index (Phi) is 4.21. The molecular weight excluding hydrogens is 323 g/mol. The van der Waals surface area contributed by atoms with Crippen LogP contribution < -0.4 is 5.32 Å². The first-order chi connectivity index (χ1) is 7.67. The smallest absolute Gasteiger partial charge is 0.417 e. The molecule has 2 N–H and O–H groups in total. The number of aliphatic carboxylic acids is 1. The van der Waals surface area contributed by atoms with Gasteiger partial charge in [0.2, 0.25) is 5.54 Å². The first-order valence-corrected chi connectivity index (χ1v) is 6.12. The molecule has 0 spiro atoms. The van der Waals surface area contributed by atoms with Gasteiger partial charge in [-0.3, -0.25) is 5.32 Å². The Morgan fingerprint density at radius 2 is 2.18 bits per heavy atom. The van der Waals surface area contributed by atoms with Crippen molar-refractivity contribution in [3.8, 4) is 0 Å². The molecule has 8 heteroatoms. The molecule has 1 atom stereocenters. The average molecular weight is 332 g/mol. The van der Waals surface area contributed by atoms with Crippen molar-refractivity contribution in [3.63, 3.8) is 0 Å². The lowest BCUT2D eigenvalue weighted by molar-refractivity contribution is -0.206. The number of alkyl halides is 3. The molecule has 0 bridgehead atoms. The highest BCUT2D eigenvalue weighted by molar-refractivity contribution is 9.11. The van der Waals surface area contributed by atoms with Crippen LogP contribution in [0.5, 0.6) is 0 Å². The first kappa shape index (κ1) is 14.5. The van der Waals surface area contributed by atoms with Crippen molar-refractivity contribution in [3.05, 3.63) is 20.8 Å². The average Bonchev–Trinajstić information content (AvgIpc) is 2.58. The Morgan fingerprint density at radius 3 is 2.53 bits per heavy atom. The first-order valence-electron chi connectivity index (χ1n) is 4.45. The van der Waals surface area contributed by atoms with Crippen LogP contribution in [-0.2, 0) is 11.3 Å². The van der Waals surface area contributed by atoms with Crippen molar-refractivity contribution in [2.45, 2.75) is 25.2 Å². The van der Waals surface area contributed by atoms with E-state index in [1.165, 1.54) is 11.3 Å². The largest absolute Gasteiger partial charge is 0.480 e. The highest BCUT2D eigenvalue weighted by atomic mass is 79.9. The van der Waals surface area contributed by atoms with Gasteiger partial charge in [0.1, 0.15) is 0 Å². The van der Waals surface area contributed by atoms with Gasteiger partial charge in [0.15, 0.2) is 0 Å². The molecule has 0 amide bonds. The SMILES string of the molecule is CC(NCc1csc(Br)c1)(C(=O)O)C(F)(F)F. The molecule has 0 radical (unpaired) electrons.